The summed E-state index contributed by atoms with van der Waals surface area (Å²) in [5, 5.41) is 20.8. The number of rotatable bonds is 6. The molecule has 1 aliphatic heterocycles. The molecule has 3 heterocycles. The Kier molecular flexibility index (Phi) is 6.23. The van der Waals surface area contributed by atoms with Gasteiger partial charge in [-0.1, -0.05) is 24.3 Å². The van der Waals surface area contributed by atoms with E-state index in [4.69, 9.17) is 21.3 Å². The summed E-state index contributed by atoms with van der Waals surface area (Å²) in [6.07, 6.45) is 7.83. The summed E-state index contributed by atoms with van der Waals surface area (Å²) in [5.41, 5.74) is 13.3. The van der Waals surface area contributed by atoms with Gasteiger partial charge in [0.2, 0.25) is 18.0 Å². The van der Waals surface area contributed by atoms with E-state index < -0.39 is 0 Å². The van der Waals surface area contributed by atoms with Crippen LogP contribution in [0.4, 0.5) is 5.95 Å². The first-order chi connectivity index (χ1) is 17.1. The molecule has 3 aromatic rings. The molecule has 0 saturated carbocycles. The van der Waals surface area contributed by atoms with Crippen LogP contribution in [0.2, 0.25) is 0 Å². The van der Waals surface area contributed by atoms with Gasteiger partial charge >= 0.3 is 0 Å². The topological polar surface area (TPSA) is 180 Å². The molecule has 12 nitrogen and oxygen atoms in total. The average Bonchev–Trinajstić information content (AvgIpc) is 3.51. The van der Waals surface area contributed by atoms with Gasteiger partial charge in [-0.25, -0.2) is 9.97 Å². The molecule has 35 heavy (non-hydrogen) atoms. The SMILES string of the molecule is N#C/N=C(/Cc1nnc(-c2cnc(NC3Cc4ccccc4C3)nc2)o1)N1CCC(N)=C(NN)C1. The molecule has 0 unspecified atom stereocenters. The van der Waals surface area contributed by atoms with Crippen LogP contribution in [0, 0.1) is 11.5 Å². The standard InChI is InChI=1S/C23H25N11O/c24-13-29-20(34-6-5-18(25)19(12-34)31-26)9-21-32-33-22(35-21)16-10-27-23(28-11-16)30-17-7-14-3-1-2-4-15(14)8-17/h1-4,10-11,17,31H,5-9,12,25-26H2,(H,27,28,30)/b29-20-. The van der Waals surface area contributed by atoms with Crippen LogP contribution in [0.1, 0.15) is 23.4 Å². The van der Waals surface area contributed by atoms with Crippen molar-refractivity contribution in [3.05, 3.63) is 65.1 Å². The summed E-state index contributed by atoms with van der Waals surface area (Å²) in [4.78, 5) is 14.7. The van der Waals surface area contributed by atoms with E-state index in [2.05, 4.69) is 60.2 Å². The zero-order chi connectivity index (χ0) is 24.2. The molecule has 0 spiro atoms. The van der Waals surface area contributed by atoms with Crippen molar-refractivity contribution in [1.82, 2.24) is 30.5 Å². The molecule has 0 atom stereocenters. The van der Waals surface area contributed by atoms with Crippen LogP contribution in [0.3, 0.4) is 0 Å². The number of nitrogens with zero attached hydrogens (tertiary/aromatic N) is 7. The van der Waals surface area contributed by atoms with Gasteiger partial charge in [-0.2, -0.15) is 10.3 Å². The molecule has 1 aromatic carbocycles. The summed E-state index contributed by atoms with van der Waals surface area (Å²) in [6.45, 7) is 1.02. The molecule has 12 heteroatoms. The van der Waals surface area contributed by atoms with Gasteiger partial charge in [0.25, 0.3) is 5.89 Å². The highest BCUT2D eigenvalue weighted by molar-refractivity contribution is 5.85. The highest BCUT2D eigenvalue weighted by Gasteiger charge is 2.23. The van der Waals surface area contributed by atoms with E-state index >= 15 is 0 Å². The zero-order valence-electron chi connectivity index (χ0n) is 19.0. The third kappa shape index (κ3) is 4.90. The van der Waals surface area contributed by atoms with Crippen molar-refractivity contribution in [2.24, 2.45) is 16.6 Å². The van der Waals surface area contributed by atoms with E-state index in [9.17, 15) is 0 Å². The fourth-order valence-corrected chi connectivity index (χ4v) is 4.35. The molecule has 0 saturated heterocycles. The van der Waals surface area contributed by atoms with E-state index in [1.807, 2.05) is 11.1 Å². The number of nitriles is 1. The van der Waals surface area contributed by atoms with E-state index in [1.54, 1.807) is 12.4 Å². The number of nitrogens with one attached hydrogen (secondary N) is 2. The quantitative estimate of drug-likeness (QED) is 0.132. The Morgan fingerprint density at radius 1 is 1.20 bits per heavy atom. The second-order valence-corrected chi connectivity index (χ2v) is 8.44. The number of amidine groups is 1. The van der Waals surface area contributed by atoms with Gasteiger partial charge in [0.1, 0.15) is 5.84 Å². The number of anilines is 1. The van der Waals surface area contributed by atoms with Crippen molar-refractivity contribution in [2.75, 3.05) is 18.4 Å². The van der Waals surface area contributed by atoms with E-state index in [0.29, 0.717) is 60.0 Å². The minimum absolute atomic E-state index is 0.195. The third-order valence-corrected chi connectivity index (χ3v) is 6.17. The van der Waals surface area contributed by atoms with E-state index in [-0.39, 0.29) is 12.5 Å². The Morgan fingerprint density at radius 3 is 2.63 bits per heavy atom. The average molecular weight is 472 g/mol. The maximum atomic E-state index is 9.15. The molecule has 0 amide bonds. The highest BCUT2D eigenvalue weighted by Crippen LogP contribution is 2.24. The maximum absolute atomic E-state index is 9.15. The summed E-state index contributed by atoms with van der Waals surface area (Å²) in [7, 11) is 0. The lowest BCUT2D eigenvalue weighted by atomic mass is 10.1. The minimum Gasteiger partial charge on any atom is -0.420 e. The predicted molar refractivity (Wildman–Crippen MR) is 128 cm³/mol. The van der Waals surface area contributed by atoms with Crippen molar-refractivity contribution in [1.29, 1.82) is 5.26 Å². The first-order valence-corrected chi connectivity index (χ1v) is 11.3. The second-order valence-electron chi connectivity index (χ2n) is 8.44. The molecule has 178 valence electrons. The molecule has 1 aliphatic carbocycles. The lowest BCUT2D eigenvalue weighted by Gasteiger charge is -2.30. The zero-order valence-corrected chi connectivity index (χ0v) is 19.0. The molecule has 6 N–H and O–H groups in total. The summed E-state index contributed by atoms with van der Waals surface area (Å²) in [6, 6.07) is 8.71. The Morgan fingerprint density at radius 2 is 1.94 bits per heavy atom. The van der Waals surface area contributed by atoms with Gasteiger partial charge in [-0.15, -0.1) is 10.2 Å². The molecule has 0 fully saturated rings. The van der Waals surface area contributed by atoms with Gasteiger partial charge < -0.3 is 25.8 Å². The van der Waals surface area contributed by atoms with Crippen molar-refractivity contribution in [3.63, 3.8) is 0 Å². The second kappa shape index (κ2) is 9.78. The number of hydrazine groups is 1. The lowest BCUT2D eigenvalue weighted by molar-refractivity contribution is 0.403. The fourth-order valence-electron chi connectivity index (χ4n) is 4.35. The number of benzene rings is 1. The summed E-state index contributed by atoms with van der Waals surface area (Å²) in [5.74, 6) is 7.22. The number of nitrogens with two attached hydrogens (primary N) is 2. The summed E-state index contributed by atoms with van der Waals surface area (Å²) >= 11 is 0. The van der Waals surface area contributed by atoms with Gasteiger partial charge in [-0.05, 0) is 24.0 Å². The molecule has 5 rings (SSSR count). The maximum Gasteiger partial charge on any atom is 0.250 e. The van der Waals surface area contributed by atoms with Gasteiger partial charge in [0.15, 0.2) is 0 Å². The Hall–Kier alpha value is -4.50. The lowest BCUT2D eigenvalue weighted by Crippen LogP contribution is -2.43. The number of fused-ring (bicyclic) bond motifs is 1. The van der Waals surface area contributed by atoms with Crippen LogP contribution in [0.25, 0.3) is 11.5 Å². The Labute approximate surface area is 201 Å². The number of hydrogen-bond acceptors (Lipinski definition) is 11. The van der Waals surface area contributed by atoms with Crippen LogP contribution in [0.5, 0.6) is 0 Å². The van der Waals surface area contributed by atoms with Crippen molar-refractivity contribution < 1.29 is 4.42 Å². The summed E-state index contributed by atoms with van der Waals surface area (Å²) < 4.78 is 5.81. The number of hydrogen-bond donors (Lipinski definition) is 4. The molecule has 0 radical (unpaired) electrons. The van der Waals surface area contributed by atoms with Crippen molar-refractivity contribution in [2.45, 2.75) is 31.7 Å². The van der Waals surface area contributed by atoms with Gasteiger partial charge in [-0.3, -0.25) is 5.84 Å². The van der Waals surface area contributed by atoms with Gasteiger partial charge in [0.05, 0.1) is 24.2 Å². The van der Waals surface area contributed by atoms with E-state index in [0.717, 1.165) is 12.8 Å². The van der Waals surface area contributed by atoms with Crippen LogP contribution in [-0.4, -0.2) is 50.0 Å². The first-order valence-electron chi connectivity index (χ1n) is 11.3. The fraction of sp³-hybridized carbons (Fsp3) is 0.304. The smallest absolute Gasteiger partial charge is 0.250 e. The minimum atomic E-state index is 0.195. The highest BCUT2D eigenvalue weighted by atomic mass is 16.4. The Bertz CT molecular complexity index is 1280. The Balaban J connectivity index is 1.23. The van der Waals surface area contributed by atoms with Crippen LogP contribution < -0.4 is 22.3 Å². The monoisotopic (exact) mass is 471 g/mol. The molecular formula is C23H25N11O. The molecule has 2 aromatic heterocycles. The molecular weight excluding hydrogens is 446 g/mol. The van der Waals surface area contributed by atoms with Crippen LogP contribution in [-0.2, 0) is 19.3 Å². The van der Waals surface area contributed by atoms with Crippen LogP contribution >= 0.6 is 0 Å². The van der Waals surface area contributed by atoms with Crippen molar-refractivity contribution >= 4 is 11.8 Å². The van der Waals surface area contributed by atoms with Crippen molar-refractivity contribution in [3.8, 4) is 17.6 Å². The largest absolute Gasteiger partial charge is 0.420 e. The van der Waals surface area contributed by atoms with E-state index in [1.165, 1.54) is 11.1 Å². The number of aliphatic imine (C=N–C) groups is 1. The van der Waals surface area contributed by atoms with Crippen LogP contribution in [0.15, 0.2) is 57.5 Å². The normalized spacial score (nSPS) is 16.2. The number of aromatic nitrogens is 4. The van der Waals surface area contributed by atoms with Gasteiger partial charge in [0, 0.05) is 37.1 Å². The third-order valence-electron chi connectivity index (χ3n) is 6.17. The molecule has 0 bridgehead atoms. The predicted octanol–water partition coefficient (Wildman–Crippen LogP) is 0.867. The first kappa shape index (κ1) is 22.3. The molecule has 2 aliphatic rings.